The number of benzene rings is 1. The van der Waals surface area contributed by atoms with Crippen molar-refractivity contribution in [1.82, 2.24) is 0 Å². The highest BCUT2D eigenvalue weighted by atomic mass is 16.5. The number of aldehydes is 1. The number of hydrogen-bond acceptors (Lipinski definition) is 3. The first kappa shape index (κ1) is 10.1. The molecule has 0 unspecified atom stereocenters. The van der Waals surface area contributed by atoms with Crippen LogP contribution in [0.3, 0.4) is 0 Å². The fourth-order valence-electron chi connectivity index (χ4n) is 1.77. The molecule has 1 saturated carbocycles. The first-order chi connectivity index (χ1) is 8.36. The maximum atomic E-state index is 10.8. The van der Waals surface area contributed by atoms with Gasteiger partial charge in [-0.1, -0.05) is 12.1 Å². The largest absolute Gasteiger partial charge is 0.490 e. The van der Waals surface area contributed by atoms with Crippen LogP contribution in [-0.4, -0.2) is 12.4 Å². The predicted molar refractivity (Wildman–Crippen MR) is 63.2 cm³/mol. The molecular weight excluding hydrogens is 216 g/mol. The summed E-state index contributed by atoms with van der Waals surface area (Å²) in [5.74, 6) is 1.21. The lowest BCUT2D eigenvalue weighted by atomic mass is 10.1. The summed E-state index contributed by atoms with van der Waals surface area (Å²) in [5.41, 5.74) is 1.75. The van der Waals surface area contributed by atoms with Gasteiger partial charge in [-0.25, -0.2) is 0 Å². The van der Waals surface area contributed by atoms with Gasteiger partial charge in [0.2, 0.25) is 0 Å². The molecule has 3 heteroatoms. The molecule has 0 bridgehead atoms. The molecule has 1 aliphatic rings. The zero-order chi connectivity index (χ0) is 11.7. The first-order valence-corrected chi connectivity index (χ1v) is 5.66. The van der Waals surface area contributed by atoms with Gasteiger partial charge in [0, 0.05) is 5.56 Å². The van der Waals surface area contributed by atoms with Crippen molar-refractivity contribution in [1.29, 1.82) is 0 Å². The molecule has 0 amide bonds. The molecule has 0 saturated heterocycles. The van der Waals surface area contributed by atoms with Crippen LogP contribution in [0.2, 0.25) is 0 Å². The molecule has 1 aliphatic carbocycles. The second-order valence-electron chi connectivity index (χ2n) is 4.16. The zero-order valence-electron chi connectivity index (χ0n) is 9.26. The van der Waals surface area contributed by atoms with Gasteiger partial charge in [0.1, 0.15) is 5.75 Å². The highest BCUT2D eigenvalue weighted by Gasteiger charge is 2.23. The van der Waals surface area contributed by atoms with Crippen molar-refractivity contribution in [3.8, 4) is 16.9 Å². The van der Waals surface area contributed by atoms with Crippen LogP contribution in [0.25, 0.3) is 11.1 Å². The topological polar surface area (TPSA) is 39.4 Å². The van der Waals surface area contributed by atoms with Crippen LogP contribution in [0.15, 0.2) is 41.0 Å². The van der Waals surface area contributed by atoms with E-state index in [1.807, 2.05) is 24.3 Å². The number of carbonyl (C=O) groups is 1. The molecule has 3 rings (SSSR count). The highest BCUT2D eigenvalue weighted by molar-refractivity contribution is 5.84. The van der Waals surface area contributed by atoms with E-state index in [4.69, 9.17) is 9.15 Å². The van der Waals surface area contributed by atoms with Crippen molar-refractivity contribution < 1.29 is 13.9 Å². The Labute approximate surface area is 99.0 Å². The van der Waals surface area contributed by atoms with Crippen molar-refractivity contribution >= 4 is 6.29 Å². The Morgan fingerprint density at radius 3 is 2.94 bits per heavy atom. The third-order valence-corrected chi connectivity index (χ3v) is 2.77. The van der Waals surface area contributed by atoms with Crippen LogP contribution in [0.5, 0.6) is 5.75 Å². The van der Waals surface area contributed by atoms with Crippen LogP contribution >= 0.6 is 0 Å². The number of rotatable bonds is 4. The molecule has 0 aliphatic heterocycles. The number of hydrogen-bond donors (Lipinski definition) is 0. The van der Waals surface area contributed by atoms with E-state index in [0.29, 0.717) is 11.9 Å². The Balaban J connectivity index is 1.93. The Bertz CT molecular complexity index is 538. The molecule has 0 radical (unpaired) electrons. The summed E-state index contributed by atoms with van der Waals surface area (Å²) >= 11 is 0. The smallest absolute Gasteiger partial charge is 0.185 e. The predicted octanol–water partition coefficient (Wildman–Crippen LogP) is 3.30. The molecule has 0 atom stereocenters. The summed E-state index contributed by atoms with van der Waals surface area (Å²) < 4.78 is 10.8. The molecule has 1 heterocycles. The Morgan fingerprint density at radius 2 is 2.18 bits per heavy atom. The Morgan fingerprint density at radius 1 is 1.29 bits per heavy atom. The van der Waals surface area contributed by atoms with E-state index in [0.717, 1.165) is 36.0 Å². The summed E-state index contributed by atoms with van der Waals surface area (Å²) in [7, 11) is 0. The maximum absolute atomic E-state index is 10.8. The van der Waals surface area contributed by atoms with Gasteiger partial charge in [0.25, 0.3) is 0 Å². The number of furan rings is 1. The quantitative estimate of drug-likeness (QED) is 0.754. The second kappa shape index (κ2) is 4.09. The minimum atomic E-state index is 0.355. The average molecular weight is 228 g/mol. The monoisotopic (exact) mass is 228 g/mol. The standard InChI is InChI=1S/C14H12O3/c15-9-14-13(6-7-16-14)10-2-1-3-12(8-10)17-11-4-5-11/h1-3,6-9,11H,4-5H2. The van der Waals surface area contributed by atoms with E-state index in [2.05, 4.69) is 0 Å². The summed E-state index contributed by atoms with van der Waals surface area (Å²) in [5, 5.41) is 0. The van der Waals surface area contributed by atoms with Gasteiger partial charge in [-0.2, -0.15) is 0 Å². The minimum Gasteiger partial charge on any atom is -0.490 e. The van der Waals surface area contributed by atoms with Crippen LogP contribution in [0.1, 0.15) is 23.4 Å². The van der Waals surface area contributed by atoms with Gasteiger partial charge in [-0.3, -0.25) is 4.79 Å². The molecule has 1 fully saturated rings. The van der Waals surface area contributed by atoms with Gasteiger partial charge in [0.15, 0.2) is 12.0 Å². The van der Waals surface area contributed by atoms with E-state index in [1.165, 1.54) is 6.26 Å². The van der Waals surface area contributed by atoms with Gasteiger partial charge >= 0.3 is 0 Å². The van der Waals surface area contributed by atoms with Gasteiger partial charge in [-0.05, 0) is 36.6 Å². The van der Waals surface area contributed by atoms with E-state index >= 15 is 0 Å². The number of carbonyl (C=O) groups excluding carboxylic acids is 1. The van der Waals surface area contributed by atoms with Gasteiger partial charge in [0.05, 0.1) is 12.4 Å². The van der Waals surface area contributed by atoms with E-state index in [1.54, 1.807) is 6.07 Å². The van der Waals surface area contributed by atoms with Crippen molar-refractivity contribution in [2.75, 3.05) is 0 Å². The van der Waals surface area contributed by atoms with Crippen LogP contribution < -0.4 is 4.74 Å². The molecule has 2 aromatic rings. The molecule has 1 aromatic heterocycles. The summed E-state index contributed by atoms with van der Waals surface area (Å²) in [6.07, 6.45) is 4.89. The molecule has 0 N–H and O–H groups in total. The van der Waals surface area contributed by atoms with Crippen molar-refractivity contribution in [3.63, 3.8) is 0 Å². The lowest BCUT2D eigenvalue weighted by molar-refractivity contribution is 0.110. The zero-order valence-corrected chi connectivity index (χ0v) is 9.26. The van der Waals surface area contributed by atoms with Crippen LogP contribution in [0.4, 0.5) is 0 Å². The molecule has 3 nitrogen and oxygen atoms in total. The third kappa shape index (κ3) is 2.09. The normalized spacial score (nSPS) is 14.6. The Kier molecular flexibility index (Phi) is 2.44. The second-order valence-corrected chi connectivity index (χ2v) is 4.16. The molecule has 17 heavy (non-hydrogen) atoms. The van der Waals surface area contributed by atoms with E-state index in [-0.39, 0.29) is 0 Å². The molecule has 0 spiro atoms. The van der Waals surface area contributed by atoms with Crippen LogP contribution in [-0.2, 0) is 0 Å². The number of ether oxygens (including phenoxy) is 1. The maximum Gasteiger partial charge on any atom is 0.185 e. The summed E-state index contributed by atoms with van der Waals surface area (Å²) in [6, 6.07) is 9.53. The van der Waals surface area contributed by atoms with E-state index < -0.39 is 0 Å². The molecule has 1 aromatic carbocycles. The SMILES string of the molecule is O=Cc1occc1-c1cccc(OC2CC2)c1. The van der Waals surface area contributed by atoms with Crippen LogP contribution in [0, 0.1) is 0 Å². The average Bonchev–Trinajstić information content (AvgIpc) is 3.04. The molecular formula is C14H12O3. The van der Waals surface area contributed by atoms with Gasteiger partial charge in [-0.15, -0.1) is 0 Å². The summed E-state index contributed by atoms with van der Waals surface area (Å²) in [4.78, 5) is 10.8. The van der Waals surface area contributed by atoms with E-state index in [9.17, 15) is 4.79 Å². The highest BCUT2D eigenvalue weighted by Crippen LogP contribution is 2.31. The third-order valence-electron chi connectivity index (χ3n) is 2.77. The fourth-order valence-corrected chi connectivity index (χ4v) is 1.77. The van der Waals surface area contributed by atoms with Gasteiger partial charge < -0.3 is 9.15 Å². The van der Waals surface area contributed by atoms with Crippen molar-refractivity contribution in [3.05, 3.63) is 42.4 Å². The fraction of sp³-hybridized carbons (Fsp3) is 0.214. The van der Waals surface area contributed by atoms with Crippen molar-refractivity contribution in [2.24, 2.45) is 0 Å². The minimum absolute atomic E-state index is 0.355. The summed E-state index contributed by atoms with van der Waals surface area (Å²) in [6.45, 7) is 0. The first-order valence-electron chi connectivity index (χ1n) is 5.66. The van der Waals surface area contributed by atoms with Crippen molar-refractivity contribution in [2.45, 2.75) is 18.9 Å². The Hall–Kier alpha value is -2.03. The molecule has 86 valence electrons. The lowest BCUT2D eigenvalue weighted by Gasteiger charge is -2.06. The lowest BCUT2D eigenvalue weighted by Crippen LogP contribution is -1.95.